The van der Waals surface area contributed by atoms with E-state index in [2.05, 4.69) is 5.32 Å². The maximum Gasteiger partial charge on any atom is 0.286 e. The zero-order chi connectivity index (χ0) is 21.4. The van der Waals surface area contributed by atoms with Gasteiger partial charge in [-0.15, -0.1) is 0 Å². The van der Waals surface area contributed by atoms with Crippen LogP contribution in [0.4, 0.5) is 5.69 Å². The Labute approximate surface area is 168 Å². The van der Waals surface area contributed by atoms with Gasteiger partial charge in [-0.25, -0.2) is 8.42 Å². The summed E-state index contributed by atoms with van der Waals surface area (Å²) in [5.74, 6) is -0.509. The molecule has 10 heteroatoms. The Morgan fingerprint density at radius 2 is 1.86 bits per heavy atom. The molecular weight excluding hydrogens is 400 g/mol. The highest BCUT2D eigenvalue weighted by Gasteiger charge is 2.24. The van der Waals surface area contributed by atoms with Gasteiger partial charge in [-0.3, -0.25) is 14.9 Å². The molecule has 1 N–H and O–H groups in total. The highest BCUT2D eigenvalue weighted by molar-refractivity contribution is 7.91. The quantitative estimate of drug-likeness (QED) is 0.354. The molecule has 0 radical (unpaired) electrons. The molecule has 0 saturated heterocycles. The van der Waals surface area contributed by atoms with Crippen molar-refractivity contribution in [2.75, 3.05) is 26.0 Å². The van der Waals surface area contributed by atoms with E-state index in [1.165, 1.54) is 25.3 Å². The number of carbonyl (C=O) groups is 1. The number of methoxy groups -OCH3 is 1. The number of nitro benzene ring substituents is 1. The van der Waals surface area contributed by atoms with Gasteiger partial charge in [0.25, 0.3) is 11.6 Å². The molecule has 0 aliphatic heterocycles. The van der Waals surface area contributed by atoms with Gasteiger partial charge >= 0.3 is 0 Å². The first-order chi connectivity index (χ1) is 13.8. The zero-order valence-electron chi connectivity index (χ0n) is 16.1. The molecule has 0 heterocycles. The zero-order valence-corrected chi connectivity index (χ0v) is 16.9. The van der Waals surface area contributed by atoms with E-state index in [0.717, 1.165) is 6.07 Å². The molecule has 0 aliphatic carbocycles. The number of carbonyl (C=O) groups excluding carboxylic acids is 1. The predicted octanol–water partition coefficient (Wildman–Crippen LogP) is 2.60. The van der Waals surface area contributed by atoms with E-state index >= 15 is 0 Å². The highest BCUT2D eigenvalue weighted by atomic mass is 32.2. The minimum absolute atomic E-state index is 0.0397. The molecule has 0 bridgehead atoms. The summed E-state index contributed by atoms with van der Waals surface area (Å²) in [6.45, 7) is 2.05. The van der Waals surface area contributed by atoms with Crippen molar-refractivity contribution in [1.82, 2.24) is 5.32 Å². The molecule has 2 aromatic rings. The van der Waals surface area contributed by atoms with Crippen LogP contribution in [0.15, 0.2) is 47.4 Å². The third-order valence-corrected chi connectivity index (χ3v) is 5.82. The van der Waals surface area contributed by atoms with Crippen molar-refractivity contribution in [2.45, 2.75) is 18.2 Å². The molecule has 1 amide bonds. The van der Waals surface area contributed by atoms with Crippen LogP contribution >= 0.6 is 0 Å². The second-order valence-electron chi connectivity index (χ2n) is 5.95. The van der Waals surface area contributed by atoms with Gasteiger partial charge in [-0.2, -0.15) is 0 Å². The minimum atomic E-state index is -3.46. The fraction of sp³-hybridized carbons (Fsp3) is 0.316. The summed E-state index contributed by atoms with van der Waals surface area (Å²) in [6.07, 6.45) is 0.158. The van der Waals surface area contributed by atoms with Crippen LogP contribution in [0.2, 0.25) is 0 Å². The van der Waals surface area contributed by atoms with Gasteiger partial charge in [0.2, 0.25) is 0 Å². The van der Waals surface area contributed by atoms with Gasteiger partial charge < -0.3 is 14.8 Å². The lowest BCUT2D eigenvalue weighted by molar-refractivity contribution is -0.385. The van der Waals surface area contributed by atoms with Crippen LogP contribution in [-0.4, -0.2) is 45.3 Å². The van der Waals surface area contributed by atoms with E-state index in [-0.39, 0.29) is 47.3 Å². The van der Waals surface area contributed by atoms with Gasteiger partial charge in [0.1, 0.15) is 5.56 Å². The van der Waals surface area contributed by atoms with Gasteiger partial charge in [-0.1, -0.05) is 18.2 Å². The number of amides is 1. The lowest BCUT2D eigenvalue weighted by Crippen LogP contribution is -2.26. The molecular formula is C19H22N2O7S. The largest absolute Gasteiger partial charge is 0.493 e. The number of ether oxygens (including phenoxy) is 2. The van der Waals surface area contributed by atoms with E-state index < -0.39 is 26.4 Å². The third-order valence-electron chi connectivity index (χ3n) is 4.00. The van der Waals surface area contributed by atoms with E-state index in [1.54, 1.807) is 25.1 Å². The minimum Gasteiger partial charge on any atom is -0.493 e. The van der Waals surface area contributed by atoms with E-state index in [9.17, 15) is 23.3 Å². The highest BCUT2D eigenvalue weighted by Crippen LogP contribution is 2.34. The number of hydrogen-bond donors (Lipinski definition) is 1. The SMILES string of the molecule is CCOc1cc(C(=O)NCCCS(=O)(=O)c2ccccc2)c([N+](=O)[O-])cc1OC. The summed E-state index contributed by atoms with van der Waals surface area (Å²) in [5.41, 5.74) is -0.620. The van der Waals surface area contributed by atoms with Crippen LogP contribution in [0, 0.1) is 10.1 Å². The monoisotopic (exact) mass is 422 g/mol. The Kier molecular flexibility index (Phi) is 7.54. The number of rotatable bonds is 10. The molecule has 0 saturated carbocycles. The second kappa shape index (κ2) is 9.87. The number of nitro groups is 1. The molecule has 0 aliphatic rings. The number of sulfone groups is 1. The summed E-state index contributed by atoms with van der Waals surface area (Å²) < 4.78 is 34.9. The van der Waals surface area contributed by atoms with Crippen molar-refractivity contribution < 1.29 is 27.6 Å². The van der Waals surface area contributed by atoms with Crippen LogP contribution in [0.25, 0.3) is 0 Å². The predicted molar refractivity (Wildman–Crippen MR) is 106 cm³/mol. The molecule has 29 heavy (non-hydrogen) atoms. The maximum absolute atomic E-state index is 12.5. The van der Waals surface area contributed by atoms with Gasteiger partial charge in [0.05, 0.1) is 35.4 Å². The standard InChI is InChI=1S/C19H22N2O7S/c1-3-28-18-12-15(16(21(23)24)13-17(18)27-2)19(22)20-10-7-11-29(25,26)14-8-5-4-6-9-14/h4-6,8-9,12-13H,3,7,10-11H2,1-2H3,(H,20,22). The lowest BCUT2D eigenvalue weighted by atomic mass is 10.1. The Morgan fingerprint density at radius 1 is 1.17 bits per heavy atom. The Hall–Kier alpha value is -3.14. The number of nitrogens with zero attached hydrogens (tertiary/aromatic N) is 1. The van der Waals surface area contributed by atoms with Crippen molar-refractivity contribution in [3.8, 4) is 11.5 Å². The smallest absolute Gasteiger partial charge is 0.286 e. The third kappa shape index (κ3) is 5.67. The molecule has 2 rings (SSSR count). The summed E-state index contributed by atoms with van der Waals surface area (Å²) in [5, 5.41) is 13.9. The fourth-order valence-corrected chi connectivity index (χ4v) is 3.95. The normalized spacial score (nSPS) is 11.0. The fourth-order valence-electron chi connectivity index (χ4n) is 2.61. The summed E-state index contributed by atoms with van der Waals surface area (Å²) >= 11 is 0. The molecule has 0 aromatic heterocycles. The summed E-state index contributed by atoms with van der Waals surface area (Å²) in [6, 6.07) is 10.4. The van der Waals surface area contributed by atoms with E-state index in [1.807, 2.05) is 0 Å². The average molecular weight is 422 g/mol. The topological polar surface area (TPSA) is 125 Å². The van der Waals surface area contributed by atoms with Crippen LogP contribution in [0.3, 0.4) is 0 Å². The Morgan fingerprint density at radius 3 is 2.45 bits per heavy atom. The van der Waals surface area contributed by atoms with Crippen LogP contribution < -0.4 is 14.8 Å². The van der Waals surface area contributed by atoms with Crippen molar-refractivity contribution in [1.29, 1.82) is 0 Å². The molecule has 2 aromatic carbocycles. The molecule has 9 nitrogen and oxygen atoms in total. The van der Waals surface area contributed by atoms with Gasteiger partial charge in [-0.05, 0) is 25.5 Å². The lowest BCUT2D eigenvalue weighted by Gasteiger charge is -2.12. The molecule has 156 valence electrons. The summed E-state index contributed by atoms with van der Waals surface area (Å²) in [7, 11) is -2.12. The van der Waals surface area contributed by atoms with Crippen molar-refractivity contribution in [3.05, 3.63) is 58.1 Å². The van der Waals surface area contributed by atoms with Crippen molar-refractivity contribution in [2.24, 2.45) is 0 Å². The molecule has 0 fully saturated rings. The molecule has 0 spiro atoms. The number of nitrogens with one attached hydrogen (secondary N) is 1. The Bertz CT molecular complexity index is 976. The van der Waals surface area contributed by atoms with Crippen LogP contribution in [0.1, 0.15) is 23.7 Å². The first-order valence-corrected chi connectivity index (χ1v) is 10.5. The average Bonchev–Trinajstić information content (AvgIpc) is 2.71. The Balaban J connectivity index is 2.08. The van der Waals surface area contributed by atoms with E-state index in [4.69, 9.17) is 9.47 Å². The van der Waals surface area contributed by atoms with Crippen molar-refractivity contribution in [3.63, 3.8) is 0 Å². The summed E-state index contributed by atoms with van der Waals surface area (Å²) in [4.78, 5) is 23.3. The molecule has 0 unspecified atom stereocenters. The van der Waals surface area contributed by atoms with Crippen LogP contribution in [-0.2, 0) is 9.84 Å². The van der Waals surface area contributed by atoms with Crippen molar-refractivity contribution >= 4 is 21.4 Å². The van der Waals surface area contributed by atoms with E-state index in [0.29, 0.717) is 0 Å². The van der Waals surface area contributed by atoms with Gasteiger partial charge in [0, 0.05) is 12.6 Å². The number of benzene rings is 2. The van der Waals surface area contributed by atoms with Crippen LogP contribution in [0.5, 0.6) is 11.5 Å². The first-order valence-electron chi connectivity index (χ1n) is 8.85. The van der Waals surface area contributed by atoms with Gasteiger partial charge in [0.15, 0.2) is 21.3 Å². The molecule has 0 atom stereocenters. The first kappa shape index (κ1) is 22.2. The maximum atomic E-state index is 12.5. The second-order valence-corrected chi connectivity index (χ2v) is 8.06. The number of hydrogen-bond acceptors (Lipinski definition) is 7.